The first kappa shape index (κ1) is 32.8. The third-order valence-electron chi connectivity index (χ3n) is 3.61. The molecular weight excluding hydrogens is 416 g/mol. The maximum Gasteiger partial charge on any atom is 0.214 e. The van der Waals surface area contributed by atoms with Crippen LogP contribution in [0.3, 0.4) is 0 Å². The van der Waals surface area contributed by atoms with E-state index in [2.05, 4.69) is 18.7 Å². The second-order valence-electron chi connectivity index (χ2n) is 5.96. The Morgan fingerprint density at radius 2 is 1.44 bits per heavy atom. The van der Waals surface area contributed by atoms with Crippen LogP contribution in [-0.2, 0) is 42.7 Å². The molecule has 1 heterocycles. The SMILES string of the molecule is C.C.C.CC(C)N1CC(S(N)(=O)=O)C1.CC(C)c1ccc(F)cc1.[Y]. The Balaban J connectivity index is -0.000000152. The van der Waals surface area contributed by atoms with Crippen molar-refractivity contribution in [3.05, 3.63) is 35.6 Å². The molecule has 1 radical (unpaired) electrons. The predicted octanol–water partition coefficient (Wildman–Crippen LogP) is 4.22. The molecule has 4 nitrogen and oxygen atoms in total. The minimum absolute atomic E-state index is 0. The Kier molecular flexibility index (Phi) is 18.6. The van der Waals surface area contributed by atoms with Gasteiger partial charge in [-0.25, -0.2) is 17.9 Å². The first-order valence-corrected chi connectivity index (χ1v) is 8.73. The van der Waals surface area contributed by atoms with Gasteiger partial charge in [-0.2, -0.15) is 0 Å². The first-order valence-electron chi connectivity index (χ1n) is 7.12. The number of halogens is 1. The van der Waals surface area contributed by atoms with E-state index < -0.39 is 10.0 Å². The van der Waals surface area contributed by atoms with E-state index in [-0.39, 0.29) is 66.1 Å². The summed E-state index contributed by atoms with van der Waals surface area (Å²) >= 11 is 0. The molecular formula is C18H37FN2O2SY. The Morgan fingerprint density at radius 1 is 1.04 bits per heavy atom. The largest absolute Gasteiger partial charge is 0.298 e. The predicted molar refractivity (Wildman–Crippen MR) is 104 cm³/mol. The summed E-state index contributed by atoms with van der Waals surface area (Å²) in [5.41, 5.74) is 1.18. The number of sulfonamides is 1. The summed E-state index contributed by atoms with van der Waals surface area (Å²) in [5, 5.41) is 4.62. The van der Waals surface area contributed by atoms with Gasteiger partial charge in [0.05, 0.1) is 0 Å². The van der Waals surface area contributed by atoms with Crippen LogP contribution in [0.15, 0.2) is 24.3 Å². The normalized spacial score (nSPS) is 13.9. The van der Waals surface area contributed by atoms with Gasteiger partial charge in [0.2, 0.25) is 10.0 Å². The minimum Gasteiger partial charge on any atom is -0.298 e. The van der Waals surface area contributed by atoms with Gasteiger partial charge in [-0.05, 0) is 37.5 Å². The van der Waals surface area contributed by atoms with E-state index in [1.165, 1.54) is 17.7 Å². The molecule has 1 fully saturated rings. The molecule has 0 atom stereocenters. The third-order valence-corrected chi connectivity index (χ3v) is 4.84. The second kappa shape index (κ2) is 14.2. The molecule has 1 aromatic rings. The van der Waals surface area contributed by atoms with Crippen molar-refractivity contribution in [2.75, 3.05) is 13.1 Å². The molecule has 0 bridgehead atoms. The summed E-state index contributed by atoms with van der Waals surface area (Å²) in [5.74, 6) is 0.324. The van der Waals surface area contributed by atoms with Gasteiger partial charge in [0.25, 0.3) is 0 Å². The van der Waals surface area contributed by atoms with Gasteiger partial charge in [-0.15, -0.1) is 0 Å². The number of nitrogens with zero attached hydrogens (tertiary/aromatic N) is 1. The Labute approximate surface area is 180 Å². The third kappa shape index (κ3) is 11.4. The minimum atomic E-state index is -3.27. The number of hydrogen-bond donors (Lipinski definition) is 1. The fourth-order valence-electron chi connectivity index (χ4n) is 1.95. The van der Waals surface area contributed by atoms with Crippen LogP contribution in [0.25, 0.3) is 0 Å². The van der Waals surface area contributed by atoms with Crippen LogP contribution in [0.2, 0.25) is 0 Å². The molecule has 1 aliphatic rings. The van der Waals surface area contributed by atoms with Crippen LogP contribution in [0.4, 0.5) is 4.39 Å². The zero-order valence-electron chi connectivity index (χ0n) is 13.7. The molecule has 0 unspecified atom stereocenters. The second-order valence-corrected chi connectivity index (χ2v) is 7.81. The van der Waals surface area contributed by atoms with Crippen LogP contribution in [0, 0.1) is 5.82 Å². The van der Waals surface area contributed by atoms with Crippen molar-refractivity contribution in [3.8, 4) is 0 Å². The number of rotatable bonds is 3. The summed E-state index contributed by atoms with van der Waals surface area (Å²) in [4.78, 5) is 2.08. The number of likely N-dealkylation sites (tertiary alicyclic amines) is 1. The van der Waals surface area contributed by atoms with E-state index in [9.17, 15) is 12.8 Å². The number of benzene rings is 1. The quantitative estimate of drug-likeness (QED) is 0.745. The van der Waals surface area contributed by atoms with Crippen molar-refractivity contribution < 1.29 is 45.5 Å². The molecule has 0 aliphatic carbocycles. The number of nitrogens with two attached hydrogens (primary N) is 1. The summed E-state index contributed by atoms with van der Waals surface area (Å²) in [6, 6.07) is 7.05. The fraction of sp³-hybridized carbons (Fsp3) is 0.667. The molecule has 2 N–H and O–H groups in total. The van der Waals surface area contributed by atoms with Crippen molar-refractivity contribution in [1.82, 2.24) is 4.90 Å². The molecule has 1 saturated heterocycles. The van der Waals surface area contributed by atoms with Crippen molar-refractivity contribution in [2.45, 2.75) is 67.2 Å². The summed E-state index contributed by atoms with van der Waals surface area (Å²) in [6.45, 7) is 9.45. The van der Waals surface area contributed by atoms with Crippen molar-refractivity contribution in [2.24, 2.45) is 5.14 Å². The summed E-state index contributed by atoms with van der Waals surface area (Å²) in [7, 11) is -3.27. The fourth-order valence-corrected chi connectivity index (χ4v) is 2.75. The molecule has 147 valence electrons. The molecule has 0 amide bonds. The van der Waals surface area contributed by atoms with Gasteiger partial charge in [-0.1, -0.05) is 48.3 Å². The van der Waals surface area contributed by atoms with Crippen LogP contribution in [-0.4, -0.2) is 37.7 Å². The van der Waals surface area contributed by atoms with Gasteiger partial charge < -0.3 is 0 Å². The topological polar surface area (TPSA) is 63.4 Å². The standard InChI is InChI=1S/C9H11F.C6H14N2O2S.3CH4.Y/c1-7(2)8-3-5-9(10)6-4-8;1-5(2)8-3-6(4-8)11(7,9)10;;;;/h3-7H,1-2H3;5-6H,3-4H2,1-2H3,(H2,7,9,10);3*1H4;. The van der Waals surface area contributed by atoms with Gasteiger partial charge in [0.1, 0.15) is 11.1 Å². The Morgan fingerprint density at radius 3 is 1.72 bits per heavy atom. The molecule has 0 saturated carbocycles. The van der Waals surface area contributed by atoms with Crippen LogP contribution in [0.1, 0.15) is 61.5 Å². The maximum atomic E-state index is 12.4. The number of primary sulfonamides is 1. The molecule has 1 aliphatic heterocycles. The van der Waals surface area contributed by atoms with Crippen LogP contribution in [0.5, 0.6) is 0 Å². The average molecular weight is 453 g/mol. The van der Waals surface area contributed by atoms with Crippen molar-refractivity contribution in [1.29, 1.82) is 0 Å². The van der Waals surface area contributed by atoms with E-state index in [0.717, 1.165) is 0 Å². The van der Waals surface area contributed by atoms with E-state index in [1.807, 2.05) is 26.0 Å². The molecule has 25 heavy (non-hydrogen) atoms. The zero-order chi connectivity index (χ0) is 16.2. The Hall–Kier alpha value is 0.124. The molecule has 0 aromatic heterocycles. The van der Waals surface area contributed by atoms with Gasteiger partial charge >= 0.3 is 0 Å². The summed E-state index contributed by atoms with van der Waals surface area (Å²) < 4.78 is 33.8. The van der Waals surface area contributed by atoms with Gasteiger partial charge in [0.15, 0.2) is 0 Å². The summed E-state index contributed by atoms with van der Waals surface area (Å²) in [6.07, 6.45) is 0. The number of hydrogen-bond acceptors (Lipinski definition) is 3. The van der Waals surface area contributed by atoms with E-state index in [1.54, 1.807) is 0 Å². The smallest absolute Gasteiger partial charge is 0.214 e. The van der Waals surface area contributed by atoms with E-state index >= 15 is 0 Å². The Bertz CT molecular complexity index is 543. The molecule has 1 aromatic carbocycles. The van der Waals surface area contributed by atoms with Gasteiger partial charge in [0, 0.05) is 51.8 Å². The maximum absolute atomic E-state index is 12.4. The zero-order valence-corrected chi connectivity index (χ0v) is 17.3. The van der Waals surface area contributed by atoms with E-state index in [4.69, 9.17) is 5.14 Å². The van der Waals surface area contributed by atoms with Gasteiger partial charge in [-0.3, -0.25) is 4.90 Å². The van der Waals surface area contributed by atoms with Crippen LogP contribution >= 0.6 is 0 Å². The first-order chi connectivity index (χ1) is 9.61. The van der Waals surface area contributed by atoms with Crippen molar-refractivity contribution in [3.63, 3.8) is 0 Å². The molecule has 2 rings (SSSR count). The average Bonchev–Trinajstić information content (AvgIpc) is 2.25. The monoisotopic (exact) mass is 453 g/mol. The molecule has 7 heteroatoms. The van der Waals surface area contributed by atoms with E-state index in [0.29, 0.717) is 25.0 Å². The molecule has 0 spiro atoms. The van der Waals surface area contributed by atoms with Crippen molar-refractivity contribution >= 4 is 10.0 Å². The van der Waals surface area contributed by atoms with Crippen LogP contribution < -0.4 is 5.14 Å².